The van der Waals surface area contributed by atoms with Gasteiger partial charge in [0.1, 0.15) is 11.6 Å². The Balaban J connectivity index is 2.23. The van der Waals surface area contributed by atoms with Crippen molar-refractivity contribution < 1.29 is 18.3 Å². The number of halogens is 5. The van der Waals surface area contributed by atoms with Crippen molar-refractivity contribution in [2.45, 2.75) is 6.54 Å². The molecular formula is C13H8Cl2F3NO. The van der Waals surface area contributed by atoms with Crippen LogP contribution in [0.4, 0.5) is 18.9 Å². The van der Waals surface area contributed by atoms with Crippen LogP contribution in [0, 0.1) is 17.5 Å². The van der Waals surface area contributed by atoms with Crippen LogP contribution < -0.4 is 5.32 Å². The van der Waals surface area contributed by atoms with E-state index in [1.807, 2.05) is 0 Å². The summed E-state index contributed by atoms with van der Waals surface area (Å²) in [5.74, 6) is -3.62. The maximum Gasteiger partial charge on any atom is 0.161 e. The van der Waals surface area contributed by atoms with E-state index in [0.29, 0.717) is 17.7 Å². The molecule has 0 spiro atoms. The summed E-state index contributed by atoms with van der Waals surface area (Å²) in [6, 6.07) is 3.89. The molecule has 2 N–H and O–H groups in total. The number of hydrogen-bond donors (Lipinski definition) is 2. The molecule has 0 atom stereocenters. The Morgan fingerprint density at radius 1 is 0.950 bits per heavy atom. The van der Waals surface area contributed by atoms with E-state index in [0.717, 1.165) is 0 Å². The van der Waals surface area contributed by atoms with Gasteiger partial charge in [-0.25, -0.2) is 13.2 Å². The van der Waals surface area contributed by atoms with Crippen LogP contribution in [-0.4, -0.2) is 5.11 Å². The standard InChI is InChI=1S/C13H8Cl2F3NO/c14-7-1-6(13(20)8(15)2-7)5-19-12-4-10(17)9(16)3-11(12)18/h1-4,19-20H,5H2. The average molecular weight is 322 g/mol. The first-order valence-corrected chi connectivity index (χ1v) is 6.19. The second-order valence-corrected chi connectivity index (χ2v) is 4.84. The largest absolute Gasteiger partial charge is 0.506 e. The van der Waals surface area contributed by atoms with Crippen LogP contribution in [0.1, 0.15) is 5.56 Å². The summed E-state index contributed by atoms with van der Waals surface area (Å²) in [5.41, 5.74) is 0.0611. The molecule has 106 valence electrons. The molecule has 0 aliphatic heterocycles. The van der Waals surface area contributed by atoms with E-state index < -0.39 is 17.5 Å². The van der Waals surface area contributed by atoms with Gasteiger partial charge < -0.3 is 10.4 Å². The third-order valence-corrected chi connectivity index (χ3v) is 3.09. The molecule has 7 heteroatoms. The minimum atomic E-state index is -1.28. The Kier molecular flexibility index (Phi) is 4.30. The lowest BCUT2D eigenvalue weighted by molar-refractivity contribution is 0.469. The van der Waals surface area contributed by atoms with Crippen molar-refractivity contribution in [3.63, 3.8) is 0 Å². The first-order chi connectivity index (χ1) is 9.38. The third-order valence-electron chi connectivity index (χ3n) is 2.59. The predicted molar refractivity (Wildman–Crippen MR) is 71.8 cm³/mol. The van der Waals surface area contributed by atoms with Crippen LogP contribution in [0.5, 0.6) is 5.75 Å². The monoisotopic (exact) mass is 321 g/mol. The summed E-state index contributed by atoms with van der Waals surface area (Å²) in [7, 11) is 0. The molecule has 0 aliphatic rings. The van der Waals surface area contributed by atoms with Gasteiger partial charge >= 0.3 is 0 Å². The average Bonchev–Trinajstić information content (AvgIpc) is 2.37. The van der Waals surface area contributed by atoms with Crippen molar-refractivity contribution in [3.8, 4) is 5.75 Å². The van der Waals surface area contributed by atoms with Gasteiger partial charge in [0.15, 0.2) is 11.6 Å². The van der Waals surface area contributed by atoms with Crippen LogP contribution in [0.3, 0.4) is 0 Å². The fourth-order valence-corrected chi connectivity index (χ4v) is 2.14. The lowest BCUT2D eigenvalue weighted by atomic mass is 10.2. The van der Waals surface area contributed by atoms with Crippen molar-refractivity contribution in [1.29, 1.82) is 0 Å². The predicted octanol–water partition coefficient (Wildman–Crippen LogP) is 4.73. The topological polar surface area (TPSA) is 32.3 Å². The van der Waals surface area contributed by atoms with Gasteiger partial charge in [-0.3, -0.25) is 0 Å². The minimum Gasteiger partial charge on any atom is -0.506 e. The highest BCUT2D eigenvalue weighted by Gasteiger charge is 2.12. The molecule has 0 unspecified atom stereocenters. The Bertz CT molecular complexity index is 665. The van der Waals surface area contributed by atoms with E-state index in [4.69, 9.17) is 23.2 Å². The molecule has 0 aliphatic carbocycles. The van der Waals surface area contributed by atoms with Gasteiger partial charge in [0, 0.05) is 29.3 Å². The van der Waals surface area contributed by atoms with E-state index in [-0.39, 0.29) is 28.0 Å². The van der Waals surface area contributed by atoms with Crippen LogP contribution >= 0.6 is 23.2 Å². The molecule has 2 aromatic carbocycles. The van der Waals surface area contributed by atoms with Crippen LogP contribution in [0.25, 0.3) is 0 Å². The van der Waals surface area contributed by atoms with Crippen LogP contribution in [-0.2, 0) is 6.54 Å². The van der Waals surface area contributed by atoms with Crippen LogP contribution in [0.15, 0.2) is 24.3 Å². The van der Waals surface area contributed by atoms with Crippen molar-refractivity contribution >= 4 is 28.9 Å². The van der Waals surface area contributed by atoms with Crippen molar-refractivity contribution in [1.82, 2.24) is 0 Å². The maximum atomic E-state index is 13.4. The molecule has 0 heterocycles. The van der Waals surface area contributed by atoms with Gasteiger partial charge in [0.25, 0.3) is 0 Å². The van der Waals surface area contributed by atoms with E-state index in [1.165, 1.54) is 12.1 Å². The second-order valence-electron chi connectivity index (χ2n) is 4.00. The summed E-state index contributed by atoms with van der Waals surface area (Å²) in [6.45, 7) is -0.0614. The summed E-state index contributed by atoms with van der Waals surface area (Å²) in [5, 5.41) is 12.6. The summed E-state index contributed by atoms with van der Waals surface area (Å²) in [6.07, 6.45) is 0. The van der Waals surface area contributed by atoms with Crippen molar-refractivity contribution in [2.75, 3.05) is 5.32 Å². The normalized spacial score (nSPS) is 10.7. The van der Waals surface area contributed by atoms with Gasteiger partial charge in [-0.2, -0.15) is 0 Å². The van der Waals surface area contributed by atoms with Crippen molar-refractivity contribution in [3.05, 3.63) is 57.3 Å². The number of nitrogens with one attached hydrogen (secondary N) is 1. The Hall–Kier alpha value is -1.59. The molecule has 0 fully saturated rings. The third kappa shape index (κ3) is 3.11. The molecule has 0 aromatic heterocycles. The lowest BCUT2D eigenvalue weighted by Gasteiger charge is -2.11. The number of anilines is 1. The van der Waals surface area contributed by atoms with Gasteiger partial charge in [-0.05, 0) is 12.1 Å². The maximum absolute atomic E-state index is 13.4. The number of hydrogen-bond acceptors (Lipinski definition) is 2. The molecule has 0 saturated heterocycles. The number of phenols is 1. The quantitative estimate of drug-likeness (QED) is 0.801. The molecule has 0 saturated carbocycles. The minimum absolute atomic E-state index is 0.0417. The molecule has 0 amide bonds. The Morgan fingerprint density at radius 2 is 1.60 bits per heavy atom. The van der Waals surface area contributed by atoms with E-state index in [9.17, 15) is 18.3 Å². The van der Waals surface area contributed by atoms with Gasteiger partial charge in [0.05, 0.1) is 10.7 Å². The first-order valence-electron chi connectivity index (χ1n) is 5.44. The SMILES string of the molecule is Oc1c(Cl)cc(Cl)cc1CNc1cc(F)c(F)cc1F. The van der Waals surface area contributed by atoms with Crippen LogP contribution in [0.2, 0.25) is 10.0 Å². The van der Waals surface area contributed by atoms with E-state index in [2.05, 4.69) is 5.32 Å². The lowest BCUT2D eigenvalue weighted by Crippen LogP contribution is -2.03. The Labute approximate surface area is 122 Å². The highest BCUT2D eigenvalue weighted by atomic mass is 35.5. The second kappa shape index (κ2) is 5.81. The Morgan fingerprint density at radius 3 is 2.30 bits per heavy atom. The van der Waals surface area contributed by atoms with Crippen molar-refractivity contribution in [2.24, 2.45) is 0 Å². The number of phenolic OH excluding ortho intramolecular Hbond substituents is 1. The zero-order valence-corrected chi connectivity index (χ0v) is 11.4. The van der Waals surface area contributed by atoms with Gasteiger partial charge in [0.2, 0.25) is 0 Å². The molecule has 2 rings (SSSR count). The first kappa shape index (κ1) is 14.8. The summed E-state index contributed by atoms with van der Waals surface area (Å²) < 4.78 is 39.2. The molecule has 2 nitrogen and oxygen atoms in total. The van der Waals surface area contributed by atoms with Gasteiger partial charge in [-0.15, -0.1) is 0 Å². The number of benzene rings is 2. The zero-order valence-electron chi connectivity index (χ0n) is 9.85. The molecule has 2 aromatic rings. The zero-order chi connectivity index (χ0) is 14.9. The molecular weight excluding hydrogens is 314 g/mol. The number of aromatic hydroxyl groups is 1. The van der Waals surface area contributed by atoms with Gasteiger partial charge in [-0.1, -0.05) is 23.2 Å². The fraction of sp³-hybridized carbons (Fsp3) is 0.0769. The highest BCUT2D eigenvalue weighted by molar-refractivity contribution is 6.35. The molecule has 0 radical (unpaired) electrons. The molecule has 0 bridgehead atoms. The van der Waals surface area contributed by atoms with E-state index in [1.54, 1.807) is 0 Å². The fourth-order valence-electron chi connectivity index (χ4n) is 1.60. The smallest absolute Gasteiger partial charge is 0.161 e. The van der Waals surface area contributed by atoms with E-state index >= 15 is 0 Å². The summed E-state index contributed by atoms with van der Waals surface area (Å²) >= 11 is 11.5. The molecule has 20 heavy (non-hydrogen) atoms. The number of rotatable bonds is 3. The highest BCUT2D eigenvalue weighted by Crippen LogP contribution is 2.31. The summed E-state index contributed by atoms with van der Waals surface area (Å²) in [4.78, 5) is 0.